The number of hydrogen-bond acceptors (Lipinski definition) is 5. The van der Waals surface area contributed by atoms with Crippen LogP contribution in [0.5, 0.6) is 0 Å². The summed E-state index contributed by atoms with van der Waals surface area (Å²) >= 11 is 1.40. The van der Waals surface area contributed by atoms with Crippen molar-refractivity contribution in [3.05, 3.63) is 70.6 Å². The highest BCUT2D eigenvalue weighted by atomic mass is 32.1. The van der Waals surface area contributed by atoms with Crippen molar-refractivity contribution in [2.24, 2.45) is 7.05 Å². The molecule has 0 unspecified atom stereocenters. The average molecular weight is 394 g/mol. The molecule has 0 aliphatic carbocycles. The van der Waals surface area contributed by atoms with Crippen molar-refractivity contribution in [1.29, 1.82) is 0 Å². The molecule has 0 radical (unpaired) electrons. The molecule has 2 amide bonds. The van der Waals surface area contributed by atoms with Crippen molar-refractivity contribution >= 4 is 39.9 Å². The van der Waals surface area contributed by atoms with Crippen LogP contribution in [0.3, 0.4) is 0 Å². The fourth-order valence-corrected chi connectivity index (χ4v) is 3.55. The lowest BCUT2D eigenvalue weighted by atomic mass is 10.2. The number of carbonyl (C=O) groups is 2. The first-order valence-electron chi connectivity index (χ1n) is 8.74. The van der Waals surface area contributed by atoms with Gasteiger partial charge in [-0.1, -0.05) is 6.07 Å². The first kappa shape index (κ1) is 18.0. The number of anilines is 1. The van der Waals surface area contributed by atoms with E-state index in [1.807, 2.05) is 41.3 Å². The quantitative estimate of drug-likeness (QED) is 0.524. The normalized spacial score (nSPS) is 10.9. The number of imidazole rings is 1. The largest absolute Gasteiger partial charge is 0.459 e. The number of amides is 2. The second kappa shape index (κ2) is 7.69. The van der Waals surface area contributed by atoms with E-state index >= 15 is 0 Å². The molecular formula is C20H18N4O3S. The number of nitrogens with zero attached hydrogens (tertiary/aromatic N) is 2. The first-order chi connectivity index (χ1) is 13.6. The van der Waals surface area contributed by atoms with Gasteiger partial charge in [0.05, 0.1) is 22.2 Å². The van der Waals surface area contributed by atoms with E-state index in [0.717, 1.165) is 16.9 Å². The standard InChI is InChI=1S/C20H18N4O3S/c1-24-15-7-6-13(22-20(26)17-5-3-11-28-17)12-14(15)23-18(24)8-9-21-19(25)16-4-2-10-27-16/h2-7,10-12H,8-9H2,1H3,(H,21,25)(H,22,26). The Balaban J connectivity index is 1.44. The van der Waals surface area contributed by atoms with E-state index in [2.05, 4.69) is 15.6 Å². The third-order valence-electron chi connectivity index (χ3n) is 4.36. The highest BCUT2D eigenvalue weighted by Crippen LogP contribution is 2.21. The zero-order valence-electron chi connectivity index (χ0n) is 15.1. The number of aromatic nitrogens is 2. The zero-order chi connectivity index (χ0) is 19.5. The number of fused-ring (bicyclic) bond motifs is 1. The topological polar surface area (TPSA) is 89.2 Å². The van der Waals surface area contributed by atoms with Crippen LogP contribution in [0.2, 0.25) is 0 Å². The van der Waals surface area contributed by atoms with Gasteiger partial charge in [-0.25, -0.2) is 4.98 Å². The van der Waals surface area contributed by atoms with Crippen molar-refractivity contribution in [3.8, 4) is 0 Å². The van der Waals surface area contributed by atoms with E-state index in [1.165, 1.54) is 17.6 Å². The summed E-state index contributed by atoms with van der Waals surface area (Å²) in [4.78, 5) is 29.4. The Kier molecular flexibility index (Phi) is 4.94. The molecule has 0 spiro atoms. The molecule has 3 aromatic heterocycles. The summed E-state index contributed by atoms with van der Waals surface area (Å²) in [6, 6.07) is 12.6. The van der Waals surface area contributed by atoms with Crippen LogP contribution in [0.25, 0.3) is 11.0 Å². The van der Waals surface area contributed by atoms with Gasteiger partial charge in [0.25, 0.3) is 11.8 Å². The molecule has 7 nitrogen and oxygen atoms in total. The van der Waals surface area contributed by atoms with Gasteiger partial charge < -0.3 is 19.6 Å². The third-order valence-corrected chi connectivity index (χ3v) is 5.22. The molecule has 0 fully saturated rings. The Morgan fingerprint density at radius 2 is 2.07 bits per heavy atom. The van der Waals surface area contributed by atoms with Crippen molar-refractivity contribution in [3.63, 3.8) is 0 Å². The first-order valence-corrected chi connectivity index (χ1v) is 9.62. The molecule has 0 bridgehead atoms. The molecule has 0 aliphatic rings. The predicted molar refractivity (Wildman–Crippen MR) is 108 cm³/mol. The van der Waals surface area contributed by atoms with Crippen LogP contribution in [0.15, 0.2) is 58.5 Å². The summed E-state index contributed by atoms with van der Waals surface area (Å²) in [5.74, 6) is 0.751. The lowest BCUT2D eigenvalue weighted by Gasteiger charge is -2.05. The monoisotopic (exact) mass is 394 g/mol. The van der Waals surface area contributed by atoms with E-state index < -0.39 is 0 Å². The van der Waals surface area contributed by atoms with Crippen LogP contribution in [0.4, 0.5) is 5.69 Å². The van der Waals surface area contributed by atoms with Crippen LogP contribution in [0.1, 0.15) is 26.1 Å². The average Bonchev–Trinajstić information content (AvgIpc) is 3.44. The number of carbonyl (C=O) groups excluding carboxylic acids is 2. The highest BCUT2D eigenvalue weighted by molar-refractivity contribution is 7.12. The minimum absolute atomic E-state index is 0.133. The summed E-state index contributed by atoms with van der Waals surface area (Å²) in [5.41, 5.74) is 2.45. The zero-order valence-corrected chi connectivity index (χ0v) is 16.0. The maximum atomic E-state index is 12.2. The van der Waals surface area contributed by atoms with E-state index in [-0.39, 0.29) is 17.6 Å². The summed E-state index contributed by atoms with van der Waals surface area (Å²) in [6.07, 6.45) is 2.05. The molecule has 0 saturated heterocycles. The maximum absolute atomic E-state index is 12.2. The van der Waals surface area contributed by atoms with Gasteiger partial charge >= 0.3 is 0 Å². The summed E-state index contributed by atoms with van der Waals surface area (Å²) in [5, 5.41) is 7.58. The molecule has 4 rings (SSSR count). The molecule has 28 heavy (non-hydrogen) atoms. The molecule has 1 aromatic carbocycles. The Morgan fingerprint density at radius 3 is 2.82 bits per heavy atom. The second-order valence-electron chi connectivity index (χ2n) is 6.21. The summed E-state index contributed by atoms with van der Waals surface area (Å²) in [7, 11) is 1.93. The summed E-state index contributed by atoms with van der Waals surface area (Å²) in [6.45, 7) is 0.443. The van der Waals surface area contributed by atoms with Crippen molar-refractivity contribution < 1.29 is 14.0 Å². The Hall–Kier alpha value is -3.39. The fraction of sp³-hybridized carbons (Fsp3) is 0.150. The lowest BCUT2D eigenvalue weighted by Crippen LogP contribution is -2.25. The van der Waals surface area contributed by atoms with Gasteiger partial charge in [-0.05, 0) is 41.8 Å². The van der Waals surface area contributed by atoms with E-state index in [9.17, 15) is 9.59 Å². The Bertz CT molecular complexity index is 1110. The number of benzene rings is 1. The number of aryl methyl sites for hydroxylation is 1. The van der Waals surface area contributed by atoms with Gasteiger partial charge in [0.15, 0.2) is 5.76 Å². The molecule has 0 atom stereocenters. The van der Waals surface area contributed by atoms with Crippen molar-refractivity contribution in [2.45, 2.75) is 6.42 Å². The highest BCUT2D eigenvalue weighted by Gasteiger charge is 2.12. The lowest BCUT2D eigenvalue weighted by molar-refractivity contribution is 0.0925. The number of rotatable bonds is 6. The predicted octanol–water partition coefficient (Wildman–Crippen LogP) is 3.45. The molecule has 3 heterocycles. The third kappa shape index (κ3) is 3.67. The van der Waals surface area contributed by atoms with E-state index in [4.69, 9.17) is 4.42 Å². The van der Waals surface area contributed by atoms with Gasteiger partial charge in [-0.2, -0.15) is 0 Å². The summed E-state index contributed by atoms with van der Waals surface area (Å²) < 4.78 is 7.06. The van der Waals surface area contributed by atoms with Crippen molar-refractivity contribution in [2.75, 3.05) is 11.9 Å². The van der Waals surface area contributed by atoms with E-state index in [1.54, 1.807) is 18.2 Å². The molecule has 8 heteroatoms. The second-order valence-corrected chi connectivity index (χ2v) is 7.15. The molecule has 2 N–H and O–H groups in total. The fourth-order valence-electron chi connectivity index (χ4n) is 2.93. The Labute approximate surface area is 165 Å². The van der Waals surface area contributed by atoms with Crippen LogP contribution in [-0.2, 0) is 13.5 Å². The van der Waals surface area contributed by atoms with Crippen LogP contribution < -0.4 is 10.6 Å². The van der Waals surface area contributed by atoms with Gasteiger partial charge in [0, 0.05) is 25.7 Å². The molecule has 0 saturated carbocycles. The maximum Gasteiger partial charge on any atom is 0.286 e. The SMILES string of the molecule is Cn1c(CCNC(=O)c2ccco2)nc2cc(NC(=O)c3cccs3)ccc21. The number of hydrogen-bond donors (Lipinski definition) is 2. The number of nitrogens with one attached hydrogen (secondary N) is 2. The number of thiophene rings is 1. The minimum Gasteiger partial charge on any atom is -0.459 e. The van der Waals surface area contributed by atoms with Crippen LogP contribution in [0, 0.1) is 0 Å². The molecule has 4 aromatic rings. The van der Waals surface area contributed by atoms with Gasteiger partial charge in [-0.3, -0.25) is 9.59 Å². The van der Waals surface area contributed by atoms with Gasteiger partial charge in [0.2, 0.25) is 0 Å². The Morgan fingerprint density at radius 1 is 1.18 bits per heavy atom. The van der Waals surface area contributed by atoms with Gasteiger partial charge in [0.1, 0.15) is 5.82 Å². The molecule has 0 aliphatic heterocycles. The molecule has 142 valence electrons. The van der Waals surface area contributed by atoms with Crippen LogP contribution in [-0.4, -0.2) is 27.9 Å². The smallest absolute Gasteiger partial charge is 0.286 e. The minimum atomic E-state index is -0.248. The van der Waals surface area contributed by atoms with Gasteiger partial charge in [-0.15, -0.1) is 11.3 Å². The molecular weight excluding hydrogens is 376 g/mol. The van der Waals surface area contributed by atoms with Crippen LogP contribution >= 0.6 is 11.3 Å². The number of furan rings is 1. The van der Waals surface area contributed by atoms with Crippen molar-refractivity contribution in [1.82, 2.24) is 14.9 Å². The van der Waals surface area contributed by atoms with E-state index in [0.29, 0.717) is 23.5 Å².